The van der Waals surface area contributed by atoms with Crippen LogP contribution in [-0.4, -0.2) is 47.5 Å². The van der Waals surface area contributed by atoms with Gasteiger partial charge in [0, 0.05) is 13.1 Å². The van der Waals surface area contributed by atoms with Crippen molar-refractivity contribution in [3.05, 3.63) is 0 Å². The molecule has 0 unspecified atom stereocenters. The average molecular weight is 231 g/mol. The zero-order chi connectivity index (χ0) is 12.6. The quantitative estimate of drug-likeness (QED) is 0.635. The molecule has 0 rings (SSSR count). The number of esters is 1. The van der Waals surface area contributed by atoms with Crippen LogP contribution in [0.1, 0.15) is 26.7 Å². The van der Waals surface area contributed by atoms with Crippen molar-refractivity contribution in [2.45, 2.75) is 26.7 Å². The van der Waals surface area contributed by atoms with Crippen LogP contribution in [0.25, 0.3) is 0 Å². The van der Waals surface area contributed by atoms with Crippen LogP contribution in [0.2, 0.25) is 0 Å². The molecule has 0 spiro atoms. The Kier molecular flexibility index (Phi) is 6.91. The van der Waals surface area contributed by atoms with E-state index in [-0.39, 0.29) is 25.4 Å². The maximum atomic E-state index is 11.4. The van der Waals surface area contributed by atoms with Crippen molar-refractivity contribution in [3.63, 3.8) is 0 Å². The average Bonchev–Trinajstić information content (AvgIpc) is 2.25. The first-order valence-electron chi connectivity index (χ1n) is 5.16. The van der Waals surface area contributed by atoms with Crippen LogP contribution in [0, 0.1) is 0 Å². The summed E-state index contributed by atoms with van der Waals surface area (Å²) in [5.41, 5.74) is 0. The number of hydrogen-bond acceptors (Lipinski definition) is 4. The van der Waals surface area contributed by atoms with E-state index in [0.717, 1.165) is 0 Å². The minimum absolute atomic E-state index is 0.207. The molecule has 0 aliphatic carbocycles. The van der Waals surface area contributed by atoms with Gasteiger partial charge in [-0.1, -0.05) is 0 Å². The van der Waals surface area contributed by atoms with Crippen molar-refractivity contribution >= 4 is 17.8 Å². The summed E-state index contributed by atoms with van der Waals surface area (Å²) >= 11 is 0. The number of likely N-dealkylation sites (N-methyl/N-ethyl adjacent to an activating group) is 1. The van der Waals surface area contributed by atoms with E-state index in [0.29, 0.717) is 13.1 Å². The Balaban J connectivity index is 3.82. The number of hydrogen-bond donors (Lipinski definition) is 1. The third kappa shape index (κ3) is 6.00. The van der Waals surface area contributed by atoms with Crippen molar-refractivity contribution in [3.8, 4) is 0 Å². The van der Waals surface area contributed by atoms with Gasteiger partial charge in [0.05, 0.1) is 12.8 Å². The van der Waals surface area contributed by atoms with Crippen LogP contribution in [0.4, 0.5) is 0 Å². The van der Waals surface area contributed by atoms with Crippen LogP contribution in [0.5, 0.6) is 0 Å². The van der Waals surface area contributed by atoms with Crippen LogP contribution in [0.3, 0.4) is 0 Å². The number of carbonyl (C=O) groups is 3. The predicted molar refractivity (Wildman–Crippen MR) is 55.8 cm³/mol. The molecule has 0 heterocycles. The van der Waals surface area contributed by atoms with Gasteiger partial charge in [-0.3, -0.25) is 14.4 Å². The van der Waals surface area contributed by atoms with Gasteiger partial charge in [-0.2, -0.15) is 0 Å². The minimum atomic E-state index is -1.06. The van der Waals surface area contributed by atoms with Crippen molar-refractivity contribution < 1.29 is 24.2 Å². The number of nitrogens with zero attached hydrogens (tertiary/aromatic N) is 1. The Morgan fingerprint density at radius 1 is 1.12 bits per heavy atom. The largest absolute Gasteiger partial charge is 0.481 e. The maximum absolute atomic E-state index is 11.4. The minimum Gasteiger partial charge on any atom is -0.481 e. The summed E-state index contributed by atoms with van der Waals surface area (Å²) < 4.78 is 4.65. The van der Waals surface area contributed by atoms with E-state index in [1.165, 1.54) is 4.90 Å². The molecule has 1 amide bonds. The molecule has 0 aromatic carbocycles. The third-order valence-electron chi connectivity index (χ3n) is 2.02. The lowest BCUT2D eigenvalue weighted by atomic mass is 10.3. The lowest BCUT2D eigenvalue weighted by molar-refractivity contribution is -0.153. The van der Waals surface area contributed by atoms with E-state index >= 15 is 0 Å². The van der Waals surface area contributed by atoms with Gasteiger partial charge in [0.15, 0.2) is 6.61 Å². The second-order valence-electron chi connectivity index (χ2n) is 3.12. The van der Waals surface area contributed by atoms with E-state index in [1.807, 2.05) is 13.8 Å². The highest BCUT2D eigenvalue weighted by molar-refractivity contribution is 5.81. The predicted octanol–water partition coefficient (Wildman–Crippen LogP) is 0.263. The zero-order valence-corrected chi connectivity index (χ0v) is 9.56. The summed E-state index contributed by atoms with van der Waals surface area (Å²) in [4.78, 5) is 34.1. The van der Waals surface area contributed by atoms with Gasteiger partial charge < -0.3 is 14.7 Å². The molecular formula is C10H17NO5. The molecule has 6 nitrogen and oxygen atoms in total. The van der Waals surface area contributed by atoms with Gasteiger partial charge in [0.1, 0.15) is 0 Å². The standard InChI is InChI=1S/C10H17NO5/c1-3-11(4-2)8(12)7-16-10(15)6-5-9(13)14/h3-7H2,1-2H3,(H,13,14). The molecule has 0 bridgehead atoms. The number of carbonyl (C=O) groups excluding carboxylic acids is 2. The Morgan fingerprint density at radius 2 is 1.69 bits per heavy atom. The van der Waals surface area contributed by atoms with Gasteiger partial charge >= 0.3 is 11.9 Å². The van der Waals surface area contributed by atoms with Crippen molar-refractivity contribution in [2.24, 2.45) is 0 Å². The second kappa shape index (κ2) is 7.67. The van der Waals surface area contributed by atoms with Crippen LogP contribution in [-0.2, 0) is 19.1 Å². The normalized spacial score (nSPS) is 9.62. The molecule has 0 aromatic heterocycles. The highest BCUT2D eigenvalue weighted by Gasteiger charge is 2.13. The fraction of sp³-hybridized carbons (Fsp3) is 0.700. The Labute approximate surface area is 94.2 Å². The van der Waals surface area contributed by atoms with Crippen molar-refractivity contribution in [2.75, 3.05) is 19.7 Å². The molecular weight excluding hydrogens is 214 g/mol. The molecule has 92 valence electrons. The van der Waals surface area contributed by atoms with Crippen molar-refractivity contribution in [1.29, 1.82) is 0 Å². The summed E-state index contributed by atoms with van der Waals surface area (Å²) in [7, 11) is 0. The number of carboxylic acids is 1. The van der Waals surface area contributed by atoms with Gasteiger partial charge in [-0.05, 0) is 13.8 Å². The van der Waals surface area contributed by atoms with E-state index < -0.39 is 11.9 Å². The molecule has 0 aliphatic heterocycles. The molecule has 0 fully saturated rings. The Morgan fingerprint density at radius 3 is 2.12 bits per heavy atom. The summed E-state index contributed by atoms with van der Waals surface area (Å²) in [6, 6.07) is 0. The highest BCUT2D eigenvalue weighted by atomic mass is 16.5. The number of amides is 1. The summed E-state index contributed by atoms with van der Waals surface area (Å²) in [6.07, 6.45) is -0.487. The molecule has 0 saturated heterocycles. The molecule has 6 heteroatoms. The first-order chi connectivity index (χ1) is 7.51. The SMILES string of the molecule is CCN(CC)C(=O)COC(=O)CCC(=O)O. The fourth-order valence-electron chi connectivity index (χ4n) is 1.09. The lowest BCUT2D eigenvalue weighted by Gasteiger charge is -2.18. The topological polar surface area (TPSA) is 83.9 Å². The molecule has 0 saturated carbocycles. The summed E-state index contributed by atoms with van der Waals surface area (Å²) in [6.45, 7) is 4.45. The van der Waals surface area contributed by atoms with Crippen LogP contribution >= 0.6 is 0 Å². The highest BCUT2D eigenvalue weighted by Crippen LogP contribution is 1.95. The first-order valence-corrected chi connectivity index (χ1v) is 5.16. The van der Waals surface area contributed by atoms with Gasteiger partial charge in [-0.15, -0.1) is 0 Å². The zero-order valence-electron chi connectivity index (χ0n) is 9.56. The lowest BCUT2D eigenvalue weighted by Crippen LogP contribution is -2.34. The molecule has 0 aromatic rings. The Hall–Kier alpha value is -1.59. The molecule has 0 aliphatic rings. The Bertz CT molecular complexity index is 260. The summed E-state index contributed by atoms with van der Waals surface area (Å²) in [5.74, 6) is -2.00. The maximum Gasteiger partial charge on any atom is 0.306 e. The smallest absolute Gasteiger partial charge is 0.306 e. The summed E-state index contributed by atoms with van der Waals surface area (Å²) in [5, 5.41) is 8.32. The van der Waals surface area contributed by atoms with E-state index in [9.17, 15) is 14.4 Å². The number of aliphatic carboxylic acids is 1. The van der Waals surface area contributed by atoms with Gasteiger partial charge in [0.25, 0.3) is 5.91 Å². The monoisotopic (exact) mass is 231 g/mol. The number of ether oxygens (including phenoxy) is 1. The number of rotatable bonds is 7. The van der Waals surface area contributed by atoms with Crippen LogP contribution < -0.4 is 0 Å². The van der Waals surface area contributed by atoms with Gasteiger partial charge in [0.2, 0.25) is 0 Å². The van der Waals surface area contributed by atoms with E-state index in [2.05, 4.69) is 4.74 Å². The first kappa shape index (κ1) is 14.4. The van der Waals surface area contributed by atoms with E-state index in [1.54, 1.807) is 0 Å². The third-order valence-corrected chi connectivity index (χ3v) is 2.02. The van der Waals surface area contributed by atoms with Crippen LogP contribution in [0.15, 0.2) is 0 Å². The fourth-order valence-corrected chi connectivity index (χ4v) is 1.09. The molecule has 0 radical (unpaired) electrons. The van der Waals surface area contributed by atoms with Crippen molar-refractivity contribution in [1.82, 2.24) is 4.90 Å². The van der Waals surface area contributed by atoms with E-state index in [4.69, 9.17) is 5.11 Å². The second-order valence-corrected chi connectivity index (χ2v) is 3.12. The number of carboxylic acid groups (broad SMARTS) is 1. The molecule has 1 N–H and O–H groups in total. The molecule has 16 heavy (non-hydrogen) atoms. The molecule has 0 atom stereocenters. The van der Waals surface area contributed by atoms with Gasteiger partial charge in [-0.25, -0.2) is 0 Å².